The molecule has 0 spiro atoms. The van der Waals surface area contributed by atoms with Gasteiger partial charge in [0, 0.05) is 28.8 Å². The fourth-order valence-electron chi connectivity index (χ4n) is 2.90. The molecule has 25 heavy (non-hydrogen) atoms. The Hall–Kier alpha value is -2.73. The number of pyridine rings is 1. The molecule has 0 aliphatic heterocycles. The summed E-state index contributed by atoms with van der Waals surface area (Å²) in [5, 5.41) is 8.85. The lowest BCUT2D eigenvalue weighted by atomic mass is 10.1. The molecule has 0 bridgehead atoms. The van der Waals surface area contributed by atoms with Gasteiger partial charge < -0.3 is 5.32 Å². The maximum absolute atomic E-state index is 13.7. The summed E-state index contributed by atoms with van der Waals surface area (Å²) in [5.41, 5.74) is 2.67. The first-order valence-electron chi connectivity index (χ1n) is 7.85. The molecule has 4 aromatic rings. The molecular formula is C18H15ClFN5. The lowest BCUT2D eigenvalue weighted by Crippen LogP contribution is -2.11. The van der Waals surface area contributed by atoms with Crippen LogP contribution in [0.2, 0.25) is 5.15 Å². The molecule has 0 saturated carbocycles. The predicted molar refractivity (Wildman–Crippen MR) is 96.5 cm³/mol. The Morgan fingerprint density at radius 1 is 1.20 bits per heavy atom. The van der Waals surface area contributed by atoms with Crippen LogP contribution < -0.4 is 5.32 Å². The van der Waals surface area contributed by atoms with Crippen molar-refractivity contribution in [2.45, 2.75) is 19.9 Å². The first kappa shape index (κ1) is 15.8. The first-order chi connectivity index (χ1) is 12.0. The van der Waals surface area contributed by atoms with E-state index in [0.29, 0.717) is 16.2 Å². The number of aryl methyl sites for hydroxylation is 1. The predicted octanol–water partition coefficient (Wildman–Crippen LogP) is 4.55. The van der Waals surface area contributed by atoms with E-state index in [1.807, 2.05) is 25.1 Å². The second-order valence-corrected chi connectivity index (χ2v) is 6.27. The van der Waals surface area contributed by atoms with Crippen molar-refractivity contribution in [3.05, 3.63) is 64.8 Å². The molecule has 0 amide bonds. The van der Waals surface area contributed by atoms with Gasteiger partial charge in [0.05, 0.1) is 17.8 Å². The van der Waals surface area contributed by atoms with Crippen molar-refractivity contribution in [2.24, 2.45) is 0 Å². The molecule has 1 aromatic carbocycles. The molecule has 1 atom stereocenters. The minimum Gasteiger partial charge on any atom is -0.363 e. The Labute approximate surface area is 148 Å². The van der Waals surface area contributed by atoms with E-state index in [4.69, 9.17) is 11.6 Å². The summed E-state index contributed by atoms with van der Waals surface area (Å²) >= 11 is 6.38. The lowest BCUT2D eigenvalue weighted by molar-refractivity contribution is 0.620. The standard InChI is InChI=1S/C18H15ClFN5/c1-10-14(20)4-3-12-9-13(18(19)24-17(10)12)11(2)23-16-5-7-21-15-6-8-22-25(15)16/h3-9,11,23H,1-2H3/t11-/m0/s1. The summed E-state index contributed by atoms with van der Waals surface area (Å²) in [7, 11) is 0. The van der Waals surface area contributed by atoms with Crippen LogP contribution >= 0.6 is 11.6 Å². The third-order valence-electron chi connectivity index (χ3n) is 4.28. The molecule has 0 aliphatic carbocycles. The van der Waals surface area contributed by atoms with Crippen molar-refractivity contribution in [1.29, 1.82) is 0 Å². The van der Waals surface area contributed by atoms with E-state index in [9.17, 15) is 4.39 Å². The molecule has 1 N–H and O–H groups in total. The topological polar surface area (TPSA) is 55.1 Å². The molecule has 7 heteroatoms. The Bertz CT molecular complexity index is 1090. The fraction of sp³-hybridized carbons (Fsp3) is 0.167. The van der Waals surface area contributed by atoms with E-state index < -0.39 is 0 Å². The summed E-state index contributed by atoms with van der Waals surface area (Å²) in [6.07, 6.45) is 3.42. The van der Waals surface area contributed by atoms with Crippen LogP contribution in [0.5, 0.6) is 0 Å². The average molecular weight is 356 g/mol. The molecule has 4 rings (SSSR count). The lowest BCUT2D eigenvalue weighted by Gasteiger charge is -2.18. The molecular weight excluding hydrogens is 341 g/mol. The van der Waals surface area contributed by atoms with Gasteiger partial charge in [-0.1, -0.05) is 11.6 Å². The van der Waals surface area contributed by atoms with Gasteiger partial charge in [-0.2, -0.15) is 9.61 Å². The molecule has 5 nitrogen and oxygen atoms in total. The van der Waals surface area contributed by atoms with Gasteiger partial charge in [-0.3, -0.25) is 0 Å². The van der Waals surface area contributed by atoms with Crippen LogP contribution in [0.1, 0.15) is 24.1 Å². The maximum Gasteiger partial charge on any atom is 0.157 e. The summed E-state index contributed by atoms with van der Waals surface area (Å²) in [5.74, 6) is 0.516. The second-order valence-electron chi connectivity index (χ2n) is 5.91. The van der Waals surface area contributed by atoms with Gasteiger partial charge >= 0.3 is 0 Å². The third-order valence-corrected chi connectivity index (χ3v) is 4.58. The van der Waals surface area contributed by atoms with E-state index in [0.717, 1.165) is 22.4 Å². The zero-order valence-corrected chi connectivity index (χ0v) is 14.4. The highest BCUT2D eigenvalue weighted by molar-refractivity contribution is 6.30. The first-order valence-corrected chi connectivity index (χ1v) is 8.23. The zero-order valence-electron chi connectivity index (χ0n) is 13.7. The number of fused-ring (bicyclic) bond motifs is 2. The number of rotatable bonds is 3. The van der Waals surface area contributed by atoms with Crippen LogP contribution in [0.15, 0.2) is 42.7 Å². The Balaban J connectivity index is 1.75. The van der Waals surface area contributed by atoms with Gasteiger partial charge in [0.2, 0.25) is 0 Å². The summed E-state index contributed by atoms with van der Waals surface area (Å²) in [4.78, 5) is 8.65. The Morgan fingerprint density at radius 3 is 2.88 bits per heavy atom. The molecule has 3 aromatic heterocycles. The van der Waals surface area contributed by atoms with Crippen LogP contribution in [0.4, 0.5) is 10.2 Å². The third kappa shape index (κ3) is 2.68. The molecule has 0 unspecified atom stereocenters. The number of hydrogen-bond acceptors (Lipinski definition) is 4. The monoisotopic (exact) mass is 355 g/mol. The van der Waals surface area contributed by atoms with E-state index >= 15 is 0 Å². The van der Waals surface area contributed by atoms with Crippen LogP contribution in [0.25, 0.3) is 16.6 Å². The van der Waals surface area contributed by atoms with Crippen molar-refractivity contribution in [2.75, 3.05) is 5.32 Å². The van der Waals surface area contributed by atoms with Gasteiger partial charge in [-0.05, 0) is 38.1 Å². The van der Waals surface area contributed by atoms with Gasteiger partial charge in [0.15, 0.2) is 5.65 Å². The second kappa shape index (κ2) is 5.97. The molecule has 126 valence electrons. The average Bonchev–Trinajstić information content (AvgIpc) is 3.08. The highest BCUT2D eigenvalue weighted by atomic mass is 35.5. The number of anilines is 1. The summed E-state index contributed by atoms with van der Waals surface area (Å²) < 4.78 is 15.5. The normalized spacial score (nSPS) is 12.6. The number of hydrogen-bond donors (Lipinski definition) is 1. The van der Waals surface area contributed by atoms with Gasteiger partial charge in [-0.15, -0.1) is 0 Å². The van der Waals surface area contributed by atoms with Crippen molar-refractivity contribution in [1.82, 2.24) is 19.6 Å². The minimum atomic E-state index is -0.284. The Morgan fingerprint density at radius 2 is 2.04 bits per heavy atom. The van der Waals surface area contributed by atoms with E-state index in [2.05, 4.69) is 20.4 Å². The number of benzene rings is 1. The highest BCUT2D eigenvalue weighted by Gasteiger charge is 2.15. The van der Waals surface area contributed by atoms with Crippen LogP contribution in [0.3, 0.4) is 0 Å². The molecule has 0 fully saturated rings. The van der Waals surface area contributed by atoms with Crippen molar-refractivity contribution >= 4 is 34.0 Å². The van der Waals surface area contributed by atoms with E-state index in [1.54, 1.807) is 29.9 Å². The Kier molecular flexibility index (Phi) is 3.77. The molecule has 0 aliphatic rings. The van der Waals surface area contributed by atoms with Crippen LogP contribution in [-0.2, 0) is 0 Å². The molecule has 0 radical (unpaired) electrons. The number of nitrogens with one attached hydrogen (secondary N) is 1. The summed E-state index contributed by atoms with van der Waals surface area (Å²) in [6.45, 7) is 3.69. The number of aromatic nitrogens is 4. The van der Waals surface area contributed by atoms with E-state index in [1.165, 1.54) is 6.07 Å². The summed E-state index contributed by atoms with van der Waals surface area (Å²) in [6, 6.07) is 8.66. The zero-order chi connectivity index (χ0) is 17.6. The van der Waals surface area contributed by atoms with Gasteiger partial charge in [-0.25, -0.2) is 14.4 Å². The SMILES string of the molecule is Cc1c(F)ccc2cc([C@H](C)Nc3ccnc4ccnn34)c(Cl)nc12. The van der Waals surface area contributed by atoms with Crippen LogP contribution in [0, 0.1) is 12.7 Å². The van der Waals surface area contributed by atoms with Crippen molar-refractivity contribution in [3.63, 3.8) is 0 Å². The van der Waals surface area contributed by atoms with Crippen molar-refractivity contribution in [3.8, 4) is 0 Å². The van der Waals surface area contributed by atoms with Gasteiger partial charge in [0.1, 0.15) is 16.8 Å². The molecule has 3 heterocycles. The largest absolute Gasteiger partial charge is 0.363 e. The van der Waals surface area contributed by atoms with E-state index in [-0.39, 0.29) is 11.9 Å². The van der Waals surface area contributed by atoms with Crippen LogP contribution in [-0.4, -0.2) is 19.6 Å². The fourth-order valence-corrected chi connectivity index (χ4v) is 3.20. The number of halogens is 2. The highest BCUT2D eigenvalue weighted by Crippen LogP contribution is 2.30. The van der Waals surface area contributed by atoms with Crippen molar-refractivity contribution < 1.29 is 4.39 Å². The smallest absolute Gasteiger partial charge is 0.157 e. The quantitative estimate of drug-likeness (QED) is 0.548. The minimum absolute atomic E-state index is 0.121. The number of nitrogens with zero attached hydrogens (tertiary/aromatic N) is 4. The maximum atomic E-state index is 13.7. The molecule has 0 saturated heterocycles. The van der Waals surface area contributed by atoms with Gasteiger partial charge in [0.25, 0.3) is 0 Å².